The number of sulfonamides is 1. The molecule has 1 aromatic carbocycles. The molecule has 1 N–H and O–H groups in total. The van der Waals surface area contributed by atoms with Gasteiger partial charge < -0.3 is 5.32 Å². The van der Waals surface area contributed by atoms with Crippen LogP contribution in [0.1, 0.15) is 31.4 Å². The van der Waals surface area contributed by atoms with Crippen molar-refractivity contribution in [3.63, 3.8) is 0 Å². The van der Waals surface area contributed by atoms with Crippen molar-refractivity contribution in [2.75, 3.05) is 25.9 Å². The summed E-state index contributed by atoms with van der Waals surface area (Å²) in [5.41, 5.74) is 1.03. The standard InChI is InChI=1S/C15H23FN2O2S/c1-12(14-5-7-15(16)8-6-14)17-10-13-4-3-9-18(11-13)21(2,19)20/h5-8,12-13,17H,3-4,9-11H2,1-2H3. The maximum atomic E-state index is 12.9. The summed E-state index contributed by atoms with van der Waals surface area (Å²) in [7, 11) is -3.09. The molecule has 0 saturated carbocycles. The summed E-state index contributed by atoms with van der Waals surface area (Å²) < 4.78 is 37.6. The molecular formula is C15H23FN2O2S. The topological polar surface area (TPSA) is 49.4 Å². The van der Waals surface area contributed by atoms with Crippen LogP contribution in [0.2, 0.25) is 0 Å². The molecule has 0 amide bonds. The van der Waals surface area contributed by atoms with Crippen molar-refractivity contribution >= 4 is 10.0 Å². The van der Waals surface area contributed by atoms with E-state index in [4.69, 9.17) is 0 Å². The molecule has 6 heteroatoms. The SMILES string of the molecule is CC(NCC1CCCN(S(C)(=O)=O)C1)c1ccc(F)cc1. The van der Waals surface area contributed by atoms with E-state index < -0.39 is 10.0 Å². The highest BCUT2D eigenvalue weighted by Gasteiger charge is 2.25. The molecule has 1 aliphatic heterocycles. The molecule has 1 fully saturated rings. The van der Waals surface area contributed by atoms with E-state index in [9.17, 15) is 12.8 Å². The third kappa shape index (κ3) is 4.76. The smallest absolute Gasteiger partial charge is 0.211 e. The van der Waals surface area contributed by atoms with E-state index in [2.05, 4.69) is 5.32 Å². The first-order chi connectivity index (χ1) is 9.86. The molecule has 1 saturated heterocycles. The van der Waals surface area contributed by atoms with Gasteiger partial charge in [-0.05, 0) is 49.9 Å². The minimum absolute atomic E-state index is 0.124. The molecule has 1 aliphatic rings. The molecule has 0 bridgehead atoms. The van der Waals surface area contributed by atoms with Gasteiger partial charge in [0, 0.05) is 19.1 Å². The number of rotatable bonds is 5. The predicted molar refractivity (Wildman–Crippen MR) is 82.0 cm³/mol. The number of nitrogens with zero attached hydrogens (tertiary/aromatic N) is 1. The second kappa shape index (κ2) is 6.85. The van der Waals surface area contributed by atoms with Crippen molar-refractivity contribution < 1.29 is 12.8 Å². The van der Waals surface area contributed by atoms with Crippen LogP contribution >= 0.6 is 0 Å². The summed E-state index contributed by atoms with van der Waals surface area (Å²) in [6.07, 6.45) is 3.21. The maximum Gasteiger partial charge on any atom is 0.211 e. The van der Waals surface area contributed by atoms with Crippen LogP contribution in [0.25, 0.3) is 0 Å². The van der Waals surface area contributed by atoms with E-state index in [1.165, 1.54) is 18.4 Å². The summed E-state index contributed by atoms with van der Waals surface area (Å²) in [4.78, 5) is 0. The number of benzene rings is 1. The van der Waals surface area contributed by atoms with Crippen LogP contribution in [0.15, 0.2) is 24.3 Å². The first-order valence-corrected chi connectivity index (χ1v) is 9.15. The van der Waals surface area contributed by atoms with Crippen molar-refractivity contribution in [2.45, 2.75) is 25.8 Å². The van der Waals surface area contributed by atoms with Crippen LogP contribution < -0.4 is 5.32 Å². The van der Waals surface area contributed by atoms with E-state index >= 15 is 0 Å². The zero-order valence-electron chi connectivity index (χ0n) is 12.5. The number of hydrogen-bond donors (Lipinski definition) is 1. The minimum Gasteiger partial charge on any atom is -0.310 e. The number of piperidine rings is 1. The van der Waals surface area contributed by atoms with Gasteiger partial charge in [-0.2, -0.15) is 0 Å². The lowest BCUT2D eigenvalue weighted by molar-refractivity contribution is 0.257. The highest BCUT2D eigenvalue weighted by atomic mass is 32.2. The Labute approximate surface area is 126 Å². The van der Waals surface area contributed by atoms with Crippen molar-refractivity contribution in [2.24, 2.45) is 5.92 Å². The summed E-state index contributed by atoms with van der Waals surface area (Å²) in [5, 5.41) is 3.42. The van der Waals surface area contributed by atoms with Crippen LogP contribution in [0.3, 0.4) is 0 Å². The van der Waals surface area contributed by atoms with Crippen molar-refractivity contribution in [1.29, 1.82) is 0 Å². The highest BCUT2D eigenvalue weighted by Crippen LogP contribution is 2.19. The molecule has 21 heavy (non-hydrogen) atoms. The average Bonchev–Trinajstić information content (AvgIpc) is 2.45. The van der Waals surface area contributed by atoms with Crippen molar-refractivity contribution in [3.05, 3.63) is 35.6 Å². The summed E-state index contributed by atoms with van der Waals surface area (Å²) in [6.45, 7) is 4.01. The maximum absolute atomic E-state index is 12.9. The Morgan fingerprint density at radius 2 is 2.05 bits per heavy atom. The predicted octanol–water partition coefficient (Wildman–Crippen LogP) is 2.15. The second-order valence-electron chi connectivity index (χ2n) is 5.81. The lowest BCUT2D eigenvalue weighted by Crippen LogP contribution is -2.42. The van der Waals surface area contributed by atoms with Gasteiger partial charge in [-0.1, -0.05) is 12.1 Å². The second-order valence-corrected chi connectivity index (χ2v) is 7.79. The van der Waals surface area contributed by atoms with Crippen LogP contribution in [0.4, 0.5) is 4.39 Å². The normalized spacial score (nSPS) is 22.1. The number of halogens is 1. The molecule has 2 unspecified atom stereocenters. The lowest BCUT2D eigenvalue weighted by atomic mass is 9.99. The molecule has 2 rings (SSSR count). The molecule has 4 nitrogen and oxygen atoms in total. The molecule has 0 spiro atoms. The molecule has 118 valence electrons. The van der Waals surface area contributed by atoms with E-state index in [0.717, 1.165) is 24.9 Å². The van der Waals surface area contributed by atoms with Crippen LogP contribution in [0.5, 0.6) is 0 Å². The quantitative estimate of drug-likeness (QED) is 0.906. The Balaban J connectivity index is 1.86. The van der Waals surface area contributed by atoms with Crippen molar-refractivity contribution in [1.82, 2.24) is 9.62 Å². The van der Waals surface area contributed by atoms with Crippen LogP contribution in [0, 0.1) is 11.7 Å². The summed E-state index contributed by atoms with van der Waals surface area (Å²) >= 11 is 0. The van der Waals surface area contributed by atoms with E-state index in [-0.39, 0.29) is 11.9 Å². The first-order valence-electron chi connectivity index (χ1n) is 7.30. The number of hydrogen-bond acceptors (Lipinski definition) is 3. The van der Waals surface area contributed by atoms with Gasteiger partial charge in [0.2, 0.25) is 10.0 Å². The molecular weight excluding hydrogens is 291 g/mol. The first kappa shape index (κ1) is 16.4. The largest absolute Gasteiger partial charge is 0.310 e. The van der Waals surface area contributed by atoms with E-state index in [1.54, 1.807) is 16.4 Å². The third-order valence-electron chi connectivity index (χ3n) is 4.03. The Morgan fingerprint density at radius 1 is 1.38 bits per heavy atom. The molecule has 2 atom stereocenters. The molecule has 0 radical (unpaired) electrons. The van der Waals surface area contributed by atoms with Gasteiger partial charge >= 0.3 is 0 Å². The number of nitrogens with one attached hydrogen (secondary N) is 1. The zero-order valence-corrected chi connectivity index (χ0v) is 13.4. The summed E-state index contributed by atoms with van der Waals surface area (Å²) in [6, 6.07) is 6.59. The highest BCUT2D eigenvalue weighted by molar-refractivity contribution is 7.88. The fourth-order valence-corrected chi connectivity index (χ4v) is 3.65. The Hall–Kier alpha value is -0.980. The molecule has 0 aliphatic carbocycles. The van der Waals surface area contributed by atoms with E-state index in [0.29, 0.717) is 19.0 Å². The lowest BCUT2D eigenvalue weighted by Gasteiger charge is -2.31. The van der Waals surface area contributed by atoms with Gasteiger partial charge in [-0.3, -0.25) is 0 Å². The van der Waals surface area contributed by atoms with Gasteiger partial charge in [0.15, 0.2) is 0 Å². The van der Waals surface area contributed by atoms with Gasteiger partial charge in [-0.15, -0.1) is 0 Å². The minimum atomic E-state index is -3.09. The fraction of sp³-hybridized carbons (Fsp3) is 0.600. The fourth-order valence-electron chi connectivity index (χ4n) is 2.71. The Bertz CT molecular complexity index is 560. The molecule has 0 aromatic heterocycles. The Morgan fingerprint density at radius 3 is 2.67 bits per heavy atom. The van der Waals surface area contributed by atoms with Crippen LogP contribution in [-0.4, -0.2) is 38.6 Å². The molecule has 1 aromatic rings. The zero-order chi connectivity index (χ0) is 15.5. The summed E-state index contributed by atoms with van der Waals surface area (Å²) in [5.74, 6) is 0.0957. The van der Waals surface area contributed by atoms with E-state index in [1.807, 2.05) is 6.92 Å². The van der Waals surface area contributed by atoms with Gasteiger partial charge in [0.05, 0.1) is 6.26 Å². The third-order valence-corrected chi connectivity index (χ3v) is 5.30. The average molecular weight is 314 g/mol. The van der Waals surface area contributed by atoms with Gasteiger partial charge in [0.25, 0.3) is 0 Å². The Kier molecular flexibility index (Phi) is 5.35. The van der Waals surface area contributed by atoms with Gasteiger partial charge in [-0.25, -0.2) is 17.1 Å². The monoisotopic (exact) mass is 314 g/mol. The van der Waals surface area contributed by atoms with Crippen LogP contribution in [-0.2, 0) is 10.0 Å². The van der Waals surface area contributed by atoms with Crippen molar-refractivity contribution in [3.8, 4) is 0 Å². The van der Waals surface area contributed by atoms with Gasteiger partial charge in [0.1, 0.15) is 5.82 Å². The molecule has 1 heterocycles.